The van der Waals surface area contributed by atoms with Crippen LogP contribution in [0.3, 0.4) is 0 Å². The molecule has 1 aliphatic heterocycles. The van der Waals surface area contributed by atoms with Crippen molar-refractivity contribution in [2.24, 2.45) is 5.92 Å². The molecule has 1 atom stereocenters. The van der Waals surface area contributed by atoms with E-state index in [4.69, 9.17) is 4.98 Å². The predicted octanol–water partition coefficient (Wildman–Crippen LogP) is 3.49. The third-order valence-electron chi connectivity index (χ3n) is 5.51. The van der Waals surface area contributed by atoms with Gasteiger partial charge in [0, 0.05) is 30.1 Å². The molecular formula is C21H27N3O. The Bertz CT molecular complexity index is 795. The number of aryl methyl sites for hydroxylation is 1. The van der Waals surface area contributed by atoms with Crippen molar-refractivity contribution in [3.8, 4) is 0 Å². The van der Waals surface area contributed by atoms with Crippen molar-refractivity contribution in [2.45, 2.75) is 38.5 Å². The molecule has 2 aromatic rings. The SMILES string of the molecule is CNCC1CCCN(C(=O)c2cc(C3CC3)nc3ccc(C)cc23)C1. The summed E-state index contributed by atoms with van der Waals surface area (Å²) in [7, 11) is 1.99. The molecule has 1 aromatic heterocycles. The number of amides is 1. The number of carbonyl (C=O) groups is 1. The van der Waals surface area contributed by atoms with E-state index < -0.39 is 0 Å². The van der Waals surface area contributed by atoms with Gasteiger partial charge in [-0.2, -0.15) is 0 Å². The molecule has 4 heteroatoms. The van der Waals surface area contributed by atoms with Crippen molar-refractivity contribution >= 4 is 16.8 Å². The van der Waals surface area contributed by atoms with Crippen molar-refractivity contribution < 1.29 is 4.79 Å². The summed E-state index contributed by atoms with van der Waals surface area (Å²) >= 11 is 0. The maximum Gasteiger partial charge on any atom is 0.254 e. The second-order valence-corrected chi connectivity index (χ2v) is 7.71. The van der Waals surface area contributed by atoms with E-state index in [0.29, 0.717) is 11.8 Å². The average molecular weight is 337 g/mol. The summed E-state index contributed by atoms with van der Waals surface area (Å²) in [5.41, 5.74) is 4.08. The molecule has 132 valence electrons. The molecule has 1 aliphatic carbocycles. The Labute approximate surface area is 149 Å². The smallest absolute Gasteiger partial charge is 0.254 e. The summed E-state index contributed by atoms with van der Waals surface area (Å²) in [4.78, 5) is 20.2. The minimum atomic E-state index is 0.181. The fourth-order valence-corrected chi connectivity index (χ4v) is 4.00. The first-order valence-electron chi connectivity index (χ1n) is 9.51. The Balaban J connectivity index is 1.71. The van der Waals surface area contributed by atoms with Crippen molar-refractivity contribution in [3.05, 3.63) is 41.1 Å². The number of rotatable bonds is 4. The highest BCUT2D eigenvalue weighted by Gasteiger charge is 2.29. The Kier molecular flexibility index (Phi) is 4.46. The standard InChI is InChI=1S/C21H27N3O/c1-14-5-8-19-17(10-14)18(11-20(23-19)16-6-7-16)21(25)24-9-3-4-15(13-24)12-22-2/h5,8,10-11,15-16,22H,3-4,6-7,9,12-13H2,1-2H3. The quantitative estimate of drug-likeness (QED) is 0.929. The number of likely N-dealkylation sites (tertiary alicyclic amines) is 1. The number of hydrogen-bond acceptors (Lipinski definition) is 3. The molecule has 2 heterocycles. The Morgan fingerprint density at radius 2 is 2.12 bits per heavy atom. The van der Waals surface area contributed by atoms with Crippen LogP contribution in [-0.2, 0) is 0 Å². The van der Waals surface area contributed by atoms with Gasteiger partial charge in [0.15, 0.2) is 0 Å². The molecule has 4 nitrogen and oxygen atoms in total. The second kappa shape index (κ2) is 6.75. The lowest BCUT2D eigenvalue weighted by Crippen LogP contribution is -2.42. The monoisotopic (exact) mass is 337 g/mol. The van der Waals surface area contributed by atoms with Gasteiger partial charge in [-0.15, -0.1) is 0 Å². The molecule has 1 aromatic carbocycles. The van der Waals surface area contributed by atoms with Gasteiger partial charge in [0.2, 0.25) is 0 Å². The highest BCUT2D eigenvalue weighted by molar-refractivity contribution is 6.06. The first-order valence-corrected chi connectivity index (χ1v) is 9.51. The van der Waals surface area contributed by atoms with Gasteiger partial charge in [-0.1, -0.05) is 11.6 Å². The molecule has 0 bridgehead atoms. The normalized spacial score (nSPS) is 20.9. The van der Waals surface area contributed by atoms with Crippen LogP contribution in [0.5, 0.6) is 0 Å². The van der Waals surface area contributed by atoms with Crippen LogP contribution in [0, 0.1) is 12.8 Å². The molecule has 1 saturated carbocycles. The fraction of sp³-hybridized carbons (Fsp3) is 0.524. The van der Waals surface area contributed by atoms with Crippen LogP contribution in [0.2, 0.25) is 0 Å². The van der Waals surface area contributed by atoms with Gasteiger partial charge in [0.25, 0.3) is 5.91 Å². The van der Waals surface area contributed by atoms with E-state index in [1.807, 2.05) is 7.05 Å². The van der Waals surface area contributed by atoms with Crippen LogP contribution in [0.25, 0.3) is 10.9 Å². The molecule has 1 unspecified atom stereocenters. The van der Waals surface area contributed by atoms with Crippen LogP contribution >= 0.6 is 0 Å². The summed E-state index contributed by atoms with van der Waals surface area (Å²) in [6.45, 7) is 4.78. The van der Waals surface area contributed by atoms with Crippen molar-refractivity contribution in [1.29, 1.82) is 0 Å². The molecule has 2 fully saturated rings. The number of pyridine rings is 1. The van der Waals surface area contributed by atoms with Gasteiger partial charge in [0.05, 0.1) is 11.1 Å². The first kappa shape index (κ1) is 16.5. The van der Waals surface area contributed by atoms with Gasteiger partial charge in [-0.25, -0.2) is 0 Å². The Morgan fingerprint density at radius 3 is 2.88 bits per heavy atom. The molecule has 0 radical (unpaired) electrons. The summed E-state index contributed by atoms with van der Waals surface area (Å²) in [6, 6.07) is 8.34. The van der Waals surface area contributed by atoms with Crippen molar-refractivity contribution in [1.82, 2.24) is 15.2 Å². The van der Waals surface area contributed by atoms with E-state index in [1.165, 1.54) is 24.8 Å². The van der Waals surface area contributed by atoms with Gasteiger partial charge in [0.1, 0.15) is 0 Å². The lowest BCUT2D eigenvalue weighted by atomic mass is 9.96. The van der Waals surface area contributed by atoms with Crippen LogP contribution in [0.1, 0.15) is 53.2 Å². The third-order valence-corrected chi connectivity index (χ3v) is 5.51. The molecular weight excluding hydrogens is 310 g/mol. The highest BCUT2D eigenvalue weighted by Crippen LogP contribution is 2.40. The van der Waals surface area contributed by atoms with E-state index in [-0.39, 0.29) is 5.91 Å². The molecule has 1 saturated heterocycles. The first-order chi connectivity index (χ1) is 12.2. The molecule has 4 rings (SSSR count). The molecule has 1 N–H and O–H groups in total. The van der Waals surface area contributed by atoms with Gasteiger partial charge < -0.3 is 10.2 Å². The maximum atomic E-state index is 13.3. The minimum Gasteiger partial charge on any atom is -0.338 e. The maximum absolute atomic E-state index is 13.3. The number of nitrogens with one attached hydrogen (secondary N) is 1. The second-order valence-electron chi connectivity index (χ2n) is 7.71. The summed E-state index contributed by atoms with van der Waals surface area (Å²) in [5.74, 6) is 1.29. The van der Waals surface area contributed by atoms with Crippen molar-refractivity contribution in [2.75, 3.05) is 26.7 Å². The molecule has 0 spiro atoms. The number of fused-ring (bicyclic) bond motifs is 1. The highest BCUT2D eigenvalue weighted by atomic mass is 16.2. The Morgan fingerprint density at radius 1 is 1.28 bits per heavy atom. The van der Waals surface area contributed by atoms with Crippen LogP contribution in [0.4, 0.5) is 0 Å². The van der Waals surface area contributed by atoms with Crippen molar-refractivity contribution in [3.63, 3.8) is 0 Å². The zero-order chi connectivity index (χ0) is 17.4. The van der Waals surface area contributed by atoms with Gasteiger partial charge in [-0.05, 0) is 70.3 Å². The number of hydrogen-bond donors (Lipinski definition) is 1. The third kappa shape index (κ3) is 3.40. The minimum absolute atomic E-state index is 0.181. The zero-order valence-corrected chi connectivity index (χ0v) is 15.2. The molecule has 2 aliphatic rings. The van der Waals surface area contributed by atoms with E-state index in [2.05, 4.69) is 41.4 Å². The summed E-state index contributed by atoms with van der Waals surface area (Å²) in [5, 5.41) is 4.26. The Hall–Kier alpha value is -1.94. The zero-order valence-electron chi connectivity index (χ0n) is 15.2. The number of nitrogens with zero attached hydrogens (tertiary/aromatic N) is 2. The molecule has 25 heavy (non-hydrogen) atoms. The lowest BCUT2D eigenvalue weighted by Gasteiger charge is -2.33. The summed E-state index contributed by atoms with van der Waals surface area (Å²) in [6.07, 6.45) is 4.70. The van der Waals surface area contributed by atoms with Crippen LogP contribution < -0.4 is 5.32 Å². The van der Waals surface area contributed by atoms with E-state index >= 15 is 0 Å². The van der Waals surface area contributed by atoms with E-state index in [1.54, 1.807) is 0 Å². The van der Waals surface area contributed by atoms with E-state index in [9.17, 15) is 4.79 Å². The number of aromatic nitrogens is 1. The van der Waals surface area contributed by atoms with Gasteiger partial charge in [-0.3, -0.25) is 9.78 Å². The lowest BCUT2D eigenvalue weighted by molar-refractivity contribution is 0.0676. The number of piperidine rings is 1. The number of carbonyl (C=O) groups excluding carboxylic acids is 1. The average Bonchev–Trinajstić information content (AvgIpc) is 3.46. The van der Waals surface area contributed by atoms with E-state index in [0.717, 1.165) is 48.2 Å². The largest absolute Gasteiger partial charge is 0.338 e. The molecule has 1 amide bonds. The fourth-order valence-electron chi connectivity index (χ4n) is 4.00. The topological polar surface area (TPSA) is 45.2 Å². The predicted molar refractivity (Wildman–Crippen MR) is 101 cm³/mol. The van der Waals surface area contributed by atoms with Crippen LogP contribution in [0.15, 0.2) is 24.3 Å². The van der Waals surface area contributed by atoms with Gasteiger partial charge >= 0.3 is 0 Å². The number of benzene rings is 1. The van der Waals surface area contributed by atoms with Crippen LogP contribution in [-0.4, -0.2) is 42.5 Å². The summed E-state index contributed by atoms with van der Waals surface area (Å²) < 4.78 is 0.